The summed E-state index contributed by atoms with van der Waals surface area (Å²) in [5.41, 5.74) is 0. The van der Waals surface area contributed by atoms with E-state index in [1.54, 1.807) is 0 Å². The summed E-state index contributed by atoms with van der Waals surface area (Å²) in [7, 11) is 0. The van der Waals surface area contributed by atoms with Gasteiger partial charge in [-0.3, -0.25) is 9.59 Å². The predicted molar refractivity (Wildman–Crippen MR) is 76.8 cm³/mol. The number of rotatable bonds is 3. The van der Waals surface area contributed by atoms with Crippen LogP contribution >= 0.6 is 22.6 Å². The fourth-order valence-electron chi connectivity index (χ4n) is 3.83. The van der Waals surface area contributed by atoms with Gasteiger partial charge >= 0.3 is 11.9 Å². The molecule has 2 aliphatic carbocycles. The largest absolute Gasteiger partial charge is 0.462 e. The van der Waals surface area contributed by atoms with Crippen LogP contribution < -0.4 is 0 Å². The Balaban J connectivity index is 1.72. The number of hydrogen-bond acceptors (Lipinski definition) is 4. The van der Waals surface area contributed by atoms with Crippen LogP contribution in [0.3, 0.4) is 0 Å². The van der Waals surface area contributed by atoms with Crippen molar-refractivity contribution in [2.75, 3.05) is 0 Å². The summed E-state index contributed by atoms with van der Waals surface area (Å²) in [5.74, 6) is 0.558. The molecule has 4 nitrogen and oxygen atoms in total. The number of carbonyl (C=O) groups is 2. The van der Waals surface area contributed by atoms with Crippen molar-refractivity contribution in [3.05, 3.63) is 0 Å². The maximum absolute atomic E-state index is 12.0. The maximum atomic E-state index is 12.0. The number of fused-ring (bicyclic) bond motifs is 1. The van der Waals surface area contributed by atoms with Gasteiger partial charge in [0.25, 0.3) is 0 Å². The fraction of sp³-hybridized carbons (Fsp3) is 0.857. The normalized spacial score (nSPS) is 41.6. The van der Waals surface area contributed by atoms with E-state index >= 15 is 0 Å². The van der Waals surface area contributed by atoms with Crippen LogP contribution in [0.5, 0.6) is 0 Å². The van der Waals surface area contributed by atoms with Crippen LogP contribution in [0.15, 0.2) is 0 Å². The summed E-state index contributed by atoms with van der Waals surface area (Å²) in [4.78, 5) is 23.8. The number of ether oxygens (including phenoxy) is 2. The molecular weight excluding hydrogens is 359 g/mol. The molecule has 4 rings (SSSR count). The fourth-order valence-corrected chi connectivity index (χ4v) is 3.98. The van der Waals surface area contributed by atoms with Crippen molar-refractivity contribution in [2.45, 2.75) is 55.2 Å². The van der Waals surface area contributed by atoms with Gasteiger partial charge in [-0.2, -0.15) is 0 Å². The molecule has 4 fully saturated rings. The van der Waals surface area contributed by atoms with Gasteiger partial charge in [0.15, 0.2) is 0 Å². The Morgan fingerprint density at radius 3 is 2.58 bits per heavy atom. The van der Waals surface area contributed by atoms with E-state index in [9.17, 15) is 9.59 Å². The van der Waals surface area contributed by atoms with E-state index < -0.39 is 0 Å². The molecule has 0 N–H and O–H groups in total. The Kier molecular flexibility index (Phi) is 3.75. The smallest absolute Gasteiger partial charge is 0.319 e. The Bertz CT molecular complexity index is 381. The average Bonchev–Trinajstić information content (AvgIpc) is 2.57. The van der Waals surface area contributed by atoms with Crippen molar-refractivity contribution < 1.29 is 19.1 Å². The Morgan fingerprint density at radius 2 is 2.00 bits per heavy atom. The molecule has 5 heteroatoms. The minimum atomic E-state index is -0.0912. The lowest BCUT2D eigenvalue weighted by Crippen LogP contribution is -2.46. The summed E-state index contributed by atoms with van der Waals surface area (Å²) in [6, 6.07) is 0. The first kappa shape index (κ1) is 13.6. The highest BCUT2D eigenvalue weighted by Gasteiger charge is 2.51. The highest BCUT2D eigenvalue weighted by Crippen LogP contribution is 2.48. The van der Waals surface area contributed by atoms with Gasteiger partial charge < -0.3 is 9.47 Å². The zero-order valence-electron chi connectivity index (χ0n) is 11.0. The second kappa shape index (κ2) is 5.22. The third-order valence-electron chi connectivity index (χ3n) is 4.72. The number of alkyl halides is 1. The topological polar surface area (TPSA) is 52.6 Å². The second-order valence-corrected chi connectivity index (χ2v) is 7.50. The molecule has 3 atom stereocenters. The van der Waals surface area contributed by atoms with Gasteiger partial charge in [-0.1, -0.05) is 29.5 Å². The van der Waals surface area contributed by atoms with E-state index in [2.05, 4.69) is 22.6 Å². The highest BCUT2D eigenvalue weighted by molar-refractivity contribution is 14.1. The van der Waals surface area contributed by atoms with Gasteiger partial charge in [-0.05, 0) is 32.1 Å². The lowest BCUT2D eigenvalue weighted by atomic mass is 9.66. The molecule has 0 aromatic carbocycles. The molecule has 0 radical (unpaired) electrons. The van der Waals surface area contributed by atoms with Gasteiger partial charge in [-0.25, -0.2) is 0 Å². The molecule has 0 amide bonds. The van der Waals surface area contributed by atoms with E-state index in [-0.39, 0.29) is 34.0 Å². The van der Waals surface area contributed by atoms with Gasteiger partial charge in [0.05, 0.1) is 5.92 Å². The molecule has 106 valence electrons. The standard InChI is InChI=1S/C14H19IO4/c1-2-11(15)14(17)19-12-7-3-9-4-8(12)6-10(5-7)18-13(9)16/h7-12H,2-6H2,1H3. The Hall–Kier alpha value is -0.330. The third kappa shape index (κ3) is 2.50. The van der Waals surface area contributed by atoms with Crippen molar-refractivity contribution in [3.8, 4) is 0 Å². The van der Waals surface area contributed by atoms with Crippen molar-refractivity contribution in [1.29, 1.82) is 0 Å². The predicted octanol–water partition coefficient (Wildman–Crippen LogP) is 2.47. The molecule has 2 aliphatic heterocycles. The third-order valence-corrected chi connectivity index (χ3v) is 6.11. The van der Waals surface area contributed by atoms with Crippen molar-refractivity contribution in [1.82, 2.24) is 0 Å². The lowest BCUT2D eigenvalue weighted by Gasteiger charge is -2.43. The number of carbonyl (C=O) groups excluding carboxylic acids is 2. The van der Waals surface area contributed by atoms with Crippen molar-refractivity contribution in [3.63, 3.8) is 0 Å². The molecule has 2 saturated carbocycles. The molecule has 0 aromatic heterocycles. The van der Waals surface area contributed by atoms with E-state index in [1.807, 2.05) is 6.92 Å². The number of halogens is 1. The summed E-state index contributed by atoms with van der Waals surface area (Å²) in [6.07, 6.45) is 4.28. The van der Waals surface area contributed by atoms with Crippen LogP contribution in [0.1, 0.15) is 39.0 Å². The second-order valence-electron chi connectivity index (χ2n) is 6.00. The average molecular weight is 378 g/mol. The molecule has 19 heavy (non-hydrogen) atoms. The van der Waals surface area contributed by atoms with E-state index in [0.29, 0.717) is 11.8 Å². The molecule has 3 unspecified atom stereocenters. The van der Waals surface area contributed by atoms with Gasteiger partial charge in [0, 0.05) is 11.8 Å². The SMILES string of the molecule is CCC(I)C(=O)OC1C2CC3CC1CC(C2)C(=O)O3. The minimum Gasteiger partial charge on any atom is -0.462 e. The van der Waals surface area contributed by atoms with E-state index in [0.717, 1.165) is 32.1 Å². The van der Waals surface area contributed by atoms with Crippen molar-refractivity contribution >= 4 is 34.5 Å². The first-order valence-corrected chi connectivity index (χ1v) is 8.38. The number of hydrogen-bond donors (Lipinski definition) is 0. The minimum absolute atomic E-state index is 0.0123. The first-order chi connectivity index (χ1) is 9.08. The zero-order chi connectivity index (χ0) is 13.6. The maximum Gasteiger partial charge on any atom is 0.319 e. The monoisotopic (exact) mass is 378 g/mol. The van der Waals surface area contributed by atoms with E-state index in [1.165, 1.54) is 0 Å². The molecular formula is C14H19IO4. The van der Waals surface area contributed by atoms with Crippen LogP contribution in [0, 0.1) is 17.8 Å². The van der Waals surface area contributed by atoms with Gasteiger partial charge in [0.1, 0.15) is 16.1 Å². The van der Waals surface area contributed by atoms with Crippen LogP contribution in [-0.4, -0.2) is 28.1 Å². The van der Waals surface area contributed by atoms with Crippen LogP contribution in [-0.2, 0) is 19.1 Å². The van der Waals surface area contributed by atoms with Crippen LogP contribution in [0.2, 0.25) is 0 Å². The molecule has 4 bridgehead atoms. The lowest BCUT2D eigenvalue weighted by molar-refractivity contribution is -0.162. The summed E-state index contributed by atoms with van der Waals surface area (Å²) in [6.45, 7) is 1.99. The molecule has 2 saturated heterocycles. The summed E-state index contributed by atoms with van der Waals surface area (Å²) in [5, 5.41) is 0. The van der Waals surface area contributed by atoms with Crippen LogP contribution in [0.4, 0.5) is 0 Å². The summed E-state index contributed by atoms with van der Waals surface area (Å²) < 4.78 is 11.2. The molecule has 0 aromatic rings. The molecule has 4 aliphatic rings. The van der Waals surface area contributed by atoms with Crippen molar-refractivity contribution in [2.24, 2.45) is 17.8 Å². The molecule has 0 spiro atoms. The Labute approximate surface area is 126 Å². The first-order valence-electron chi connectivity index (χ1n) is 7.13. The van der Waals surface area contributed by atoms with Gasteiger partial charge in [-0.15, -0.1) is 0 Å². The summed E-state index contributed by atoms with van der Waals surface area (Å²) >= 11 is 2.14. The molecule has 2 heterocycles. The quantitative estimate of drug-likeness (QED) is 0.430. The zero-order valence-corrected chi connectivity index (χ0v) is 13.2. The number of esters is 2. The van der Waals surface area contributed by atoms with E-state index in [4.69, 9.17) is 9.47 Å². The van der Waals surface area contributed by atoms with Crippen LogP contribution in [0.25, 0.3) is 0 Å². The van der Waals surface area contributed by atoms with Gasteiger partial charge in [0.2, 0.25) is 0 Å². The highest BCUT2D eigenvalue weighted by atomic mass is 127. The Morgan fingerprint density at radius 1 is 1.37 bits per heavy atom.